The van der Waals surface area contributed by atoms with Gasteiger partial charge in [0.05, 0.1) is 5.41 Å². The van der Waals surface area contributed by atoms with Crippen LogP contribution < -0.4 is 0 Å². The monoisotopic (exact) mass is 246 g/mol. The van der Waals surface area contributed by atoms with Crippen molar-refractivity contribution in [1.82, 2.24) is 0 Å². The minimum Gasteiger partial charge on any atom is -0.481 e. The second-order valence-corrected chi connectivity index (χ2v) is 4.47. The van der Waals surface area contributed by atoms with Gasteiger partial charge in [-0.1, -0.05) is 17.7 Å². The van der Waals surface area contributed by atoms with Crippen LogP contribution >= 0.6 is 11.6 Å². The Morgan fingerprint density at radius 1 is 1.44 bits per heavy atom. The zero-order valence-corrected chi connectivity index (χ0v) is 9.02. The first-order valence-electron chi connectivity index (χ1n) is 4.82. The third kappa shape index (κ3) is 1.78. The maximum absolute atomic E-state index is 13.5. The SMILES string of the molecule is O=C(O)C1(Cc2ccc(F)c(Cl)c2F)CC1. The van der Waals surface area contributed by atoms with Gasteiger partial charge in [0.25, 0.3) is 0 Å². The quantitative estimate of drug-likeness (QED) is 0.833. The molecule has 0 amide bonds. The first kappa shape index (κ1) is 11.3. The van der Waals surface area contributed by atoms with E-state index in [1.54, 1.807) is 0 Å². The molecule has 0 saturated heterocycles. The fourth-order valence-electron chi connectivity index (χ4n) is 1.68. The summed E-state index contributed by atoms with van der Waals surface area (Å²) in [6.07, 6.45) is 1.11. The summed E-state index contributed by atoms with van der Waals surface area (Å²) < 4.78 is 26.4. The standard InChI is InChI=1S/C11H9ClF2O2/c12-8-7(13)2-1-6(9(8)14)5-11(3-4-11)10(15)16/h1-2H,3-5H2,(H,15,16). The Hall–Kier alpha value is -1.16. The van der Waals surface area contributed by atoms with E-state index in [-0.39, 0.29) is 12.0 Å². The molecule has 0 atom stereocenters. The van der Waals surface area contributed by atoms with Crippen molar-refractivity contribution < 1.29 is 18.7 Å². The van der Waals surface area contributed by atoms with E-state index in [2.05, 4.69) is 0 Å². The molecule has 1 aromatic carbocycles. The molecule has 0 radical (unpaired) electrons. The summed E-state index contributed by atoms with van der Waals surface area (Å²) in [4.78, 5) is 10.9. The number of rotatable bonds is 3. The van der Waals surface area contributed by atoms with Crippen LogP contribution in [0.15, 0.2) is 12.1 Å². The molecule has 1 aromatic rings. The summed E-state index contributed by atoms with van der Waals surface area (Å²) in [6, 6.07) is 2.30. The van der Waals surface area contributed by atoms with Crippen LogP contribution in [-0.2, 0) is 11.2 Å². The molecule has 1 saturated carbocycles. The van der Waals surface area contributed by atoms with Crippen molar-refractivity contribution in [3.8, 4) is 0 Å². The maximum Gasteiger partial charge on any atom is 0.309 e. The lowest BCUT2D eigenvalue weighted by molar-refractivity contribution is -0.143. The maximum atomic E-state index is 13.5. The van der Waals surface area contributed by atoms with E-state index in [0.717, 1.165) is 6.07 Å². The molecule has 5 heteroatoms. The van der Waals surface area contributed by atoms with Gasteiger partial charge in [-0.2, -0.15) is 0 Å². The van der Waals surface area contributed by atoms with Crippen molar-refractivity contribution >= 4 is 17.6 Å². The molecule has 1 aliphatic rings. The van der Waals surface area contributed by atoms with Gasteiger partial charge < -0.3 is 5.11 Å². The highest BCUT2D eigenvalue weighted by Gasteiger charge is 2.50. The summed E-state index contributed by atoms with van der Waals surface area (Å²) in [5, 5.41) is 8.38. The highest BCUT2D eigenvalue weighted by Crippen LogP contribution is 2.49. The number of benzene rings is 1. The van der Waals surface area contributed by atoms with Crippen LogP contribution in [0.25, 0.3) is 0 Å². The first-order chi connectivity index (χ1) is 7.46. The predicted octanol–water partition coefficient (Wildman–Crippen LogP) is 3.03. The molecule has 0 heterocycles. The number of halogens is 3. The van der Waals surface area contributed by atoms with E-state index in [1.165, 1.54) is 6.07 Å². The Morgan fingerprint density at radius 3 is 2.56 bits per heavy atom. The predicted molar refractivity (Wildman–Crippen MR) is 54.4 cm³/mol. The molecule has 1 aliphatic carbocycles. The van der Waals surface area contributed by atoms with Gasteiger partial charge in [-0.05, 0) is 30.9 Å². The largest absolute Gasteiger partial charge is 0.481 e. The Kier molecular flexibility index (Phi) is 2.62. The Balaban J connectivity index is 2.30. The average molecular weight is 247 g/mol. The van der Waals surface area contributed by atoms with Gasteiger partial charge in [0.2, 0.25) is 0 Å². The topological polar surface area (TPSA) is 37.3 Å². The molecular weight excluding hydrogens is 238 g/mol. The van der Waals surface area contributed by atoms with Gasteiger partial charge >= 0.3 is 5.97 Å². The van der Waals surface area contributed by atoms with Crippen molar-refractivity contribution in [2.75, 3.05) is 0 Å². The van der Waals surface area contributed by atoms with Gasteiger partial charge in [0, 0.05) is 0 Å². The van der Waals surface area contributed by atoms with Crippen LogP contribution in [-0.4, -0.2) is 11.1 Å². The lowest BCUT2D eigenvalue weighted by atomic mass is 9.96. The Labute approximate surface area is 95.8 Å². The molecule has 2 nitrogen and oxygen atoms in total. The third-order valence-corrected chi connectivity index (χ3v) is 3.30. The molecule has 0 spiro atoms. The smallest absolute Gasteiger partial charge is 0.309 e. The van der Waals surface area contributed by atoms with Crippen molar-refractivity contribution in [3.05, 3.63) is 34.4 Å². The highest BCUT2D eigenvalue weighted by atomic mass is 35.5. The van der Waals surface area contributed by atoms with E-state index < -0.39 is 28.0 Å². The van der Waals surface area contributed by atoms with Crippen LogP contribution in [0.4, 0.5) is 8.78 Å². The van der Waals surface area contributed by atoms with E-state index >= 15 is 0 Å². The molecule has 16 heavy (non-hydrogen) atoms. The molecule has 2 rings (SSSR count). The fourth-order valence-corrected chi connectivity index (χ4v) is 1.87. The first-order valence-corrected chi connectivity index (χ1v) is 5.20. The van der Waals surface area contributed by atoms with E-state index in [1.807, 2.05) is 0 Å². The summed E-state index contributed by atoms with van der Waals surface area (Å²) in [5.74, 6) is -2.62. The van der Waals surface area contributed by atoms with Gasteiger partial charge in [-0.25, -0.2) is 8.78 Å². The van der Waals surface area contributed by atoms with Crippen LogP contribution in [0.3, 0.4) is 0 Å². The van der Waals surface area contributed by atoms with E-state index in [4.69, 9.17) is 16.7 Å². The lowest BCUT2D eigenvalue weighted by Crippen LogP contribution is -2.18. The zero-order valence-electron chi connectivity index (χ0n) is 8.27. The second kappa shape index (κ2) is 3.70. The number of carbonyl (C=O) groups is 1. The van der Waals surface area contributed by atoms with E-state index in [9.17, 15) is 13.6 Å². The summed E-state index contributed by atoms with van der Waals surface area (Å²) in [5.41, 5.74) is -0.714. The van der Waals surface area contributed by atoms with E-state index in [0.29, 0.717) is 12.8 Å². The van der Waals surface area contributed by atoms with Crippen molar-refractivity contribution in [3.63, 3.8) is 0 Å². The normalized spacial score (nSPS) is 17.2. The number of hydrogen-bond donors (Lipinski definition) is 1. The Morgan fingerprint density at radius 2 is 2.06 bits per heavy atom. The number of aliphatic carboxylic acids is 1. The number of hydrogen-bond acceptors (Lipinski definition) is 1. The average Bonchev–Trinajstić information content (AvgIpc) is 3.00. The summed E-state index contributed by atoms with van der Waals surface area (Å²) in [7, 11) is 0. The highest BCUT2D eigenvalue weighted by molar-refractivity contribution is 6.30. The van der Waals surface area contributed by atoms with Crippen molar-refractivity contribution in [2.24, 2.45) is 5.41 Å². The number of carboxylic acids is 1. The van der Waals surface area contributed by atoms with Crippen molar-refractivity contribution in [2.45, 2.75) is 19.3 Å². The molecule has 0 aromatic heterocycles. The minimum atomic E-state index is -0.938. The van der Waals surface area contributed by atoms with Crippen LogP contribution in [0.1, 0.15) is 18.4 Å². The minimum absolute atomic E-state index is 0.0637. The molecule has 1 N–H and O–H groups in total. The van der Waals surface area contributed by atoms with Crippen LogP contribution in [0.5, 0.6) is 0 Å². The fraction of sp³-hybridized carbons (Fsp3) is 0.364. The molecule has 86 valence electrons. The molecule has 0 unspecified atom stereocenters. The molecule has 0 aliphatic heterocycles. The lowest BCUT2D eigenvalue weighted by Gasteiger charge is -2.11. The van der Waals surface area contributed by atoms with Gasteiger partial charge in [-0.15, -0.1) is 0 Å². The summed E-state index contributed by atoms with van der Waals surface area (Å²) in [6.45, 7) is 0. The van der Waals surface area contributed by atoms with Crippen LogP contribution in [0, 0.1) is 17.0 Å². The summed E-state index contributed by atoms with van der Waals surface area (Å²) >= 11 is 5.41. The zero-order chi connectivity index (χ0) is 11.9. The molecular formula is C11H9ClF2O2. The molecule has 1 fully saturated rings. The van der Waals surface area contributed by atoms with Gasteiger partial charge in [0.1, 0.15) is 16.7 Å². The van der Waals surface area contributed by atoms with Gasteiger partial charge in [-0.3, -0.25) is 4.79 Å². The third-order valence-electron chi connectivity index (χ3n) is 2.95. The van der Waals surface area contributed by atoms with Gasteiger partial charge in [0.15, 0.2) is 0 Å². The second-order valence-electron chi connectivity index (χ2n) is 4.10. The number of carboxylic acid groups (broad SMARTS) is 1. The van der Waals surface area contributed by atoms with Crippen molar-refractivity contribution in [1.29, 1.82) is 0 Å². The van der Waals surface area contributed by atoms with Crippen LogP contribution in [0.2, 0.25) is 5.02 Å². The molecule has 0 bridgehead atoms. The Bertz CT molecular complexity index is 456.